The second-order valence-electron chi connectivity index (χ2n) is 7.08. The number of hydrogen-bond donors (Lipinski definition) is 1. The van der Waals surface area contributed by atoms with Crippen molar-refractivity contribution in [2.24, 2.45) is 5.92 Å². The summed E-state index contributed by atoms with van der Waals surface area (Å²) in [4.78, 5) is 27.2. The quantitative estimate of drug-likeness (QED) is 0.839. The number of ether oxygens (including phenoxy) is 3. The zero-order valence-corrected chi connectivity index (χ0v) is 16.3. The van der Waals surface area contributed by atoms with E-state index < -0.39 is 0 Å². The van der Waals surface area contributed by atoms with Crippen LogP contribution in [-0.4, -0.2) is 43.2 Å². The van der Waals surface area contributed by atoms with Gasteiger partial charge in [0.15, 0.2) is 11.5 Å². The van der Waals surface area contributed by atoms with Gasteiger partial charge in [-0.2, -0.15) is 0 Å². The van der Waals surface area contributed by atoms with Crippen LogP contribution >= 0.6 is 0 Å². The minimum absolute atomic E-state index is 0.0267. The summed E-state index contributed by atoms with van der Waals surface area (Å²) >= 11 is 0. The SMILES string of the molecule is CCOc1cccc(C(=O)N2CCC(C(=O)Nc3ccc4c(c3)OCO4)CC2)c1. The summed E-state index contributed by atoms with van der Waals surface area (Å²) in [5, 5.41) is 2.94. The lowest BCUT2D eigenvalue weighted by atomic mass is 9.95. The topological polar surface area (TPSA) is 77.1 Å². The van der Waals surface area contributed by atoms with Gasteiger partial charge in [-0.3, -0.25) is 9.59 Å². The molecule has 0 unspecified atom stereocenters. The Morgan fingerprint density at radius 2 is 1.90 bits per heavy atom. The molecule has 0 radical (unpaired) electrons. The number of rotatable bonds is 5. The smallest absolute Gasteiger partial charge is 0.253 e. The molecule has 7 heteroatoms. The van der Waals surface area contributed by atoms with Crippen molar-refractivity contribution in [3.8, 4) is 17.2 Å². The molecule has 152 valence electrons. The lowest BCUT2D eigenvalue weighted by Crippen LogP contribution is -2.41. The fraction of sp³-hybridized carbons (Fsp3) is 0.364. The van der Waals surface area contributed by atoms with Gasteiger partial charge in [-0.25, -0.2) is 0 Å². The summed E-state index contributed by atoms with van der Waals surface area (Å²) in [5.41, 5.74) is 1.30. The Morgan fingerprint density at radius 1 is 1.10 bits per heavy atom. The second-order valence-corrected chi connectivity index (χ2v) is 7.08. The summed E-state index contributed by atoms with van der Waals surface area (Å²) in [7, 11) is 0. The lowest BCUT2D eigenvalue weighted by molar-refractivity contribution is -0.121. The molecule has 2 aliphatic heterocycles. The minimum Gasteiger partial charge on any atom is -0.494 e. The first-order valence-electron chi connectivity index (χ1n) is 9.86. The van der Waals surface area contributed by atoms with Crippen LogP contribution < -0.4 is 19.5 Å². The molecule has 0 bridgehead atoms. The molecule has 2 aromatic rings. The number of carbonyl (C=O) groups is 2. The molecule has 0 atom stereocenters. The average molecular weight is 396 g/mol. The molecule has 1 N–H and O–H groups in total. The fourth-order valence-electron chi connectivity index (χ4n) is 3.63. The normalized spacial score (nSPS) is 15.8. The van der Waals surface area contributed by atoms with Gasteiger partial charge in [0, 0.05) is 36.3 Å². The van der Waals surface area contributed by atoms with Crippen LogP contribution in [0.15, 0.2) is 42.5 Å². The number of benzene rings is 2. The molecule has 2 aliphatic rings. The van der Waals surface area contributed by atoms with Crippen LogP contribution in [-0.2, 0) is 4.79 Å². The molecule has 29 heavy (non-hydrogen) atoms. The molecular weight excluding hydrogens is 372 g/mol. The van der Waals surface area contributed by atoms with Gasteiger partial charge in [0.1, 0.15) is 5.75 Å². The number of fused-ring (bicyclic) bond motifs is 1. The molecule has 0 aromatic heterocycles. The van der Waals surface area contributed by atoms with Crippen molar-refractivity contribution >= 4 is 17.5 Å². The zero-order valence-electron chi connectivity index (χ0n) is 16.3. The average Bonchev–Trinajstić information content (AvgIpc) is 3.22. The maximum atomic E-state index is 12.8. The summed E-state index contributed by atoms with van der Waals surface area (Å²) in [6.45, 7) is 3.77. The van der Waals surface area contributed by atoms with Crippen LogP contribution in [0.3, 0.4) is 0 Å². The van der Waals surface area contributed by atoms with E-state index >= 15 is 0 Å². The number of nitrogens with zero attached hydrogens (tertiary/aromatic N) is 1. The van der Waals surface area contributed by atoms with Crippen molar-refractivity contribution in [2.75, 3.05) is 31.8 Å². The Morgan fingerprint density at radius 3 is 2.69 bits per heavy atom. The lowest BCUT2D eigenvalue weighted by Gasteiger charge is -2.31. The highest BCUT2D eigenvalue weighted by atomic mass is 16.7. The van der Waals surface area contributed by atoms with E-state index in [0.717, 1.165) is 0 Å². The first kappa shape index (κ1) is 19.1. The first-order chi connectivity index (χ1) is 14.1. The Hall–Kier alpha value is -3.22. The third kappa shape index (κ3) is 4.29. The highest BCUT2D eigenvalue weighted by Crippen LogP contribution is 2.34. The first-order valence-corrected chi connectivity index (χ1v) is 9.86. The molecule has 1 saturated heterocycles. The van der Waals surface area contributed by atoms with Gasteiger partial charge >= 0.3 is 0 Å². The van der Waals surface area contributed by atoms with Crippen LogP contribution in [0.5, 0.6) is 17.2 Å². The summed E-state index contributed by atoms with van der Waals surface area (Å²) in [6.07, 6.45) is 1.26. The number of nitrogens with one attached hydrogen (secondary N) is 1. The van der Waals surface area contributed by atoms with Crippen LogP contribution in [0.4, 0.5) is 5.69 Å². The Kier molecular flexibility index (Phi) is 5.55. The third-order valence-corrected chi connectivity index (χ3v) is 5.19. The molecular formula is C22H24N2O5. The van der Waals surface area contributed by atoms with E-state index in [-0.39, 0.29) is 24.5 Å². The van der Waals surface area contributed by atoms with Crippen LogP contribution in [0, 0.1) is 5.92 Å². The molecule has 0 aliphatic carbocycles. The van der Waals surface area contributed by atoms with E-state index in [1.807, 2.05) is 19.1 Å². The van der Waals surface area contributed by atoms with E-state index in [4.69, 9.17) is 14.2 Å². The predicted molar refractivity (Wildman–Crippen MR) is 107 cm³/mol. The number of hydrogen-bond acceptors (Lipinski definition) is 5. The molecule has 1 fully saturated rings. The van der Waals surface area contributed by atoms with E-state index in [0.29, 0.717) is 61.0 Å². The van der Waals surface area contributed by atoms with Gasteiger partial charge in [0.25, 0.3) is 5.91 Å². The van der Waals surface area contributed by atoms with Crippen molar-refractivity contribution in [3.63, 3.8) is 0 Å². The number of carbonyl (C=O) groups excluding carboxylic acids is 2. The number of anilines is 1. The highest BCUT2D eigenvalue weighted by Gasteiger charge is 2.28. The van der Waals surface area contributed by atoms with Gasteiger partial charge in [0.05, 0.1) is 6.61 Å². The van der Waals surface area contributed by atoms with E-state index in [1.54, 1.807) is 35.2 Å². The van der Waals surface area contributed by atoms with Crippen LogP contribution in [0.2, 0.25) is 0 Å². The van der Waals surface area contributed by atoms with E-state index in [9.17, 15) is 9.59 Å². The largest absolute Gasteiger partial charge is 0.494 e. The Labute approximate surface area is 169 Å². The summed E-state index contributed by atoms with van der Waals surface area (Å²) < 4.78 is 16.1. The van der Waals surface area contributed by atoms with Crippen molar-refractivity contribution < 1.29 is 23.8 Å². The van der Waals surface area contributed by atoms with E-state index in [1.165, 1.54) is 0 Å². The van der Waals surface area contributed by atoms with Crippen molar-refractivity contribution in [3.05, 3.63) is 48.0 Å². The number of amides is 2. The minimum atomic E-state index is -0.126. The van der Waals surface area contributed by atoms with Crippen molar-refractivity contribution in [1.29, 1.82) is 0 Å². The molecule has 2 aromatic carbocycles. The van der Waals surface area contributed by atoms with Crippen molar-refractivity contribution in [2.45, 2.75) is 19.8 Å². The summed E-state index contributed by atoms with van der Waals surface area (Å²) in [6, 6.07) is 12.6. The van der Waals surface area contributed by atoms with Gasteiger partial charge < -0.3 is 24.4 Å². The van der Waals surface area contributed by atoms with Gasteiger partial charge in [0.2, 0.25) is 12.7 Å². The van der Waals surface area contributed by atoms with Gasteiger partial charge in [-0.05, 0) is 50.1 Å². The zero-order chi connectivity index (χ0) is 20.2. The van der Waals surface area contributed by atoms with E-state index in [2.05, 4.69) is 5.32 Å². The monoisotopic (exact) mass is 396 g/mol. The molecule has 0 spiro atoms. The van der Waals surface area contributed by atoms with Gasteiger partial charge in [-0.15, -0.1) is 0 Å². The molecule has 4 rings (SSSR count). The molecule has 2 heterocycles. The maximum absolute atomic E-state index is 12.8. The van der Waals surface area contributed by atoms with Gasteiger partial charge in [-0.1, -0.05) is 6.07 Å². The number of piperidine rings is 1. The predicted octanol–water partition coefficient (Wildman–Crippen LogP) is 3.30. The second kappa shape index (κ2) is 8.43. The summed E-state index contributed by atoms with van der Waals surface area (Å²) in [5.74, 6) is 1.83. The van der Waals surface area contributed by atoms with Crippen LogP contribution in [0.1, 0.15) is 30.1 Å². The van der Waals surface area contributed by atoms with Crippen molar-refractivity contribution in [1.82, 2.24) is 4.90 Å². The maximum Gasteiger partial charge on any atom is 0.253 e. The Balaban J connectivity index is 1.32. The highest BCUT2D eigenvalue weighted by molar-refractivity contribution is 5.95. The third-order valence-electron chi connectivity index (χ3n) is 5.19. The van der Waals surface area contributed by atoms with Crippen LogP contribution in [0.25, 0.3) is 0 Å². The molecule has 0 saturated carbocycles. The number of likely N-dealkylation sites (tertiary alicyclic amines) is 1. The molecule has 7 nitrogen and oxygen atoms in total. The molecule has 2 amide bonds. The fourth-order valence-corrected chi connectivity index (χ4v) is 3.63. The standard InChI is InChI=1S/C22H24N2O5/c1-2-27-18-5-3-4-16(12-18)22(26)24-10-8-15(9-11-24)21(25)23-17-6-7-19-20(13-17)29-14-28-19/h3-7,12-13,15H,2,8-11,14H2,1H3,(H,23,25). The Bertz CT molecular complexity index is 906.